The van der Waals surface area contributed by atoms with E-state index in [1.165, 1.54) is 38.5 Å². The third-order valence-corrected chi connectivity index (χ3v) is 4.42. The van der Waals surface area contributed by atoms with Gasteiger partial charge in [0.05, 0.1) is 6.10 Å². The van der Waals surface area contributed by atoms with Crippen LogP contribution in [0, 0.1) is 11.3 Å². The van der Waals surface area contributed by atoms with Crippen LogP contribution in [-0.2, 0) is 0 Å². The first-order valence-corrected chi connectivity index (χ1v) is 5.92. The van der Waals surface area contributed by atoms with Crippen molar-refractivity contribution < 1.29 is 5.11 Å². The molecule has 76 valence electrons. The summed E-state index contributed by atoms with van der Waals surface area (Å²) in [5.74, 6) is 0.989. The predicted octanol–water partition coefficient (Wildman–Crippen LogP) is 3.12. The molecule has 2 aliphatic carbocycles. The molecular weight excluding hydrogens is 160 g/mol. The maximum absolute atomic E-state index is 9.57. The normalized spacial score (nSPS) is 45.7. The summed E-state index contributed by atoms with van der Waals surface area (Å²) in [5.41, 5.74) is 0.574. The topological polar surface area (TPSA) is 20.2 Å². The fourth-order valence-electron chi connectivity index (χ4n) is 3.33. The van der Waals surface area contributed by atoms with Gasteiger partial charge < -0.3 is 5.11 Å². The Bertz CT molecular complexity index is 168. The average molecular weight is 182 g/mol. The minimum Gasteiger partial charge on any atom is -0.393 e. The van der Waals surface area contributed by atoms with Gasteiger partial charge in [0.2, 0.25) is 0 Å². The van der Waals surface area contributed by atoms with Crippen LogP contribution in [0.3, 0.4) is 0 Å². The molecule has 0 bridgehead atoms. The second-order valence-corrected chi connectivity index (χ2v) is 5.25. The van der Waals surface area contributed by atoms with Gasteiger partial charge in [0.1, 0.15) is 0 Å². The molecule has 0 heterocycles. The standard InChI is InChI=1S/C12H22O/c1-2-10-3-6-12(7-4-10)8-5-11(13)9-12/h10-11,13H,2-9H2,1H3. The fourth-order valence-corrected chi connectivity index (χ4v) is 3.33. The summed E-state index contributed by atoms with van der Waals surface area (Å²) in [7, 11) is 0. The van der Waals surface area contributed by atoms with E-state index in [0.717, 1.165) is 18.8 Å². The van der Waals surface area contributed by atoms with Crippen LogP contribution >= 0.6 is 0 Å². The van der Waals surface area contributed by atoms with E-state index in [0.29, 0.717) is 5.41 Å². The van der Waals surface area contributed by atoms with E-state index >= 15 is 0 Å². The lowest BCUT2D eigenvalue weighted by molar-refractivity contribution is 0.115. The van der Waals surface area contributed by atoms with Crippen LogP contribution < -0.4 is 0 Å². The predicted molar refractivity (Wildman–Crippen MR) is 54.5 cm³/mol. The Hall–Kier alpha value is -0.0400. The molecule has 0 aromatic heterocycles. The summed E-state index contributed by atoms with van der Waals surface area (Å²) < 4.78 is 0. The first-order chi connectivity index (χ1) is 6.24. The molecule has 0 saturated heterocycles. The van der Waals surface area contributed by atoms with Crippen LogP contribution in [0.4, 0.5) is 0 Å². The van der Waals surface area contributed by atoms with Crippen molar-refractivity contribution in [3.05, 3.63) is 0 Å². The molecule has 1 spiro atoms. The zero-order chi connectivity index (χ0) is 9.31. The van der Waals surface area contributed by atoms with Gasteiger partial charge >= 0.3 is 0 Å². The Morgan fingerprint density at radius 1 is 1.15 bits per heavy atom. The van der Waals surface area contributed by atoms with Crippen molar-refractivity contribution in [2.24, 2.45) is 11.3 Å². The molecule has 13 heavy (non-hydrogen) atoms. The van der Waals surface area contributed by atoms with Gasteiger partial charge in [0, 0.05) is 0 Å². The largest absolute Gasteiger partial charge is 0.393 e. The van der Waals surface area contributed by atoms with Gasteiger partial charge in [-0.2, -0.15) is 0 Å². The molecule has 0 aromatic rings. The number of aliphatic hydroxyl groups excluding tert-OH is 1. The highest BCUT2D eigenvalue weighted by atomic mass is 16.3. The lowest BCUT2D eigenvalue weighted by atomic mass is 9.69. The highest BCUT2D eigenvalue weighted by Gasteiger charge is 2.40. The first-order valence-electron chi connectivity index (χ1n) is 5.92. The van der Waals surface area contributed by atoms with Gasteiger partial charge in [0.25, 0.3) is 0 Å². The fraction of sp³-hybridized carbons (Fsp3) is 1.00. The summed E-state index contributed by atoms with van der Waals surface area (Å²) in [5, 5.41) is 9.57. The molecule has 0 aromatic carbocycles. The Labute approximate surface area is 81.5 Å². The summed E-state index contributed by atoms with van der Waals surface area (Å²) >= 11 is 0. The second kappa shape index (κ2) is 3.61. The van der Waals surface area contributed by atoms with Crippen LogP contribution in [0.15, 0.2) is 0 Å². The van der Waals surface area contributed by atoms with Gasteiger partial charge in [-0.15, -0.1) is 0 Å². The molecule has 0 radical (unpaired) electrons. The van der Waals surface area contributed by atoms with E-state index < -0.39 is 0 Å². The Kier molecular flexibility index (Phi) is 2.64. The zero-order valence-corrected chi connectivity index (χ0v) is 8.76. The van der Waals surface area contributed by atoms with Gasteiger partial charge in [0.15, 0.2) is 0 Å². The van der Waals surface area contributed by atoms with Crippen LogP contribution in [0.25, 0.3) is 0 Å². The summed E-state index contributed by atoms with van der Waals surface area (Å²) in [4.78, 5) is 0. The zero-order valence-electron chi connectivity index (χ0n) is 8.76. The molecule has 1 heteroatoms. The smallest absolute Gasteiger partial charge is 0.0545 e. The van der Waals surface area contributed by atoms with E-state index in [1.807, 2.05) is 0 Å². The Balaban J connectivity index is 1.90. The molecule has 1 unspecified atom stereocenters. The van der Waals surface area contributed by atoms with Crippen molar-refractivity contribution in [1.29, 1.82) is 0 Å². The summed E-state index contributed by atoms with van der Waals surface area (Å²) in [6, 6.07) is 0. The van der Waals surface area contributed by atoms with Gasteiger partial charge in [-0.25, -0.2) is 0 Å². The van der Waals surface area contributed by atoms with E-state index in [2.05, 4.69) is 6.92 Å². The molecule has 2 fully saturated rings. The number of hydrogen-bond acceptors (Lipinski definition) is 1. The molecule has 2 rings (SSSR count). The quantitative estimate of drug-likeness (QED) is 0.660. The van der Waals surface area contributed by atoms with Crippen molar-refractivity contribution in [3.8, 4) is 0 Å². The first kappa shape index (κ1) is 9.51. The average Bonchev–Trinajstić information content (AvgIpc) is 2.49. The molecule has 2 saturated carbocycles. The van der Waals surface area contributed by atoms with Crippen LogP contribution in [0.2, 0.25) is 0 Å². The minimum absolute atomic E-state index is 0.0261. The maximum atomic E-state index is 9.57. The van der Waals surface area contributed by atoms with Crippen LogP contribution in [0.1, 0.15) is 58.3 Å². The van der Waals surface area contributed by atoms with E-state index in [-0.39, 0.29) is 6.10 Å². The summed E-state index contributed by atoms with van der Waals surface area (Å²) in [6.45, 7) is 2.31. The Morgan fingerprint density at radius 2 is 1.77 bits per heavy atom. The van der Waals surface area contributed by atoms with Crippen molar-refractivity contribution in [1.82, 2.24) is 0 Å². The Morgan fingerprint density at radius 3 is 2.23 bits per heavy atom. The van der Waals surface area contributed by atoms with Crippen LogP contribution in [0.5, 0.6) is 0 Å². The van der Waals surface area contributed by atoms with Crippen molar-refractivity contribution >= 4 is 0 Å². The van der Waals surface area contributed by atoms with Crippen LogP contribution in [-0.4, -0.2) is 11.2 Å². The summed E-state index contributed by atoms with van der Waals surface area (Å²) in [6.07, 6.45) is 10.5. The molecule has 1 N–H and O–H groups in total. The van der Waals surface area contributed by atoms with Crippen molar-refractivity contribution in [3.63, 3.8) is 0 Å². The number of aliphatic hydroxyl groups is 1. The third kappa shape index (κ3) is 1.90. The highest BCUT2D eigenvalue weighted by Crippen LogP contribution is 2.50. The van der Waals surface area contributed by atoms with E-state index in [4.69, 9.17) is 0 Å². The van der Waals surface area contributed by atoms with Crippen molar-refractivity contribution in [2.45, 2.75) is 64.4 Å². The highest BCUT2D eigenvalue weighted by molar-refractivity contribution is 4.92. The molecular formula is C12H22O. The second-order valence-electron chi connectivity index (χ2n) is 5.25. The van der Waals surface area contributed by atoms with E-state index in [1.54, 1.807) is 0 Å². The molecule has 1 atom stereocenters. The molecule has 0 amide bonds. The minimum atomic E-state index is 0.0261. The molecule has 2 aliphatic rings. The molecule has 1 nitrogen and oxygen atoms in total. The van der Waals surface area contributed by atoms with Gasteiger partial charge in [-0.3, -0.25) is 0 Å². The monoisotopic (exact) mass is 182 g/mol. The van der Waals surface area contributed by atoms with Gasteiger partial charge in [-0.05, 0) is 56.3 Å². The molecule has 0 aliphatic heterocycles. The van der Waals surface area contributed by atoms with Gasteiger partial charge in [-0.1, -0.05) is 13.3 Å². The lowest BCUT2D eigenvalue weighted by Gasteiger charge is -2.37. The maximum Gasteiger partial charge on any atom is 0.0545 e. The van der Waals surface area contributed by atoms with Crippen molar-refractivity contribution in [2.75, 3.05) is 0 Å². The number of hydrogen-bond donors (Lipinski definition) is 1. The SMILES string of the molecule is CCC1CCC2(CCC(O)C2)CC1. The van der Waals surface area contributed by atoms with E-state index in [9.17, 15) is 5.11 Å². The lowest BCUT2D eigenvalue weighted by Crippen LogP contribution is -2.25. The number of rotatable bonds is 1. The third-order valence-electron chi connectivity index (χ3n) is 4.42.